The molecule has 0 saturated carbocycles. The Hall–Kier alpha value is -3.67. The first-order chi connectivity index (χ1) is 16.0. The van der Waals surface area contributed by atoms with Gasteiger partial charge in [0.1, 0.15) is 17.6 Å². The van der Waals surface area contributed by atoms with E-state index < -0.39 is 6.04 Å². The summed E-state index contributed by atoms with van der Waals surface area (Å²) in [7, 11) is 1.58. The summed E-state index contributed by atoms with van der Waals surface area (Å²) in [6, 6.07) is 22.5. The molecule has 0 aliphatic carbocycles. The van der Waals surface area contributed by atoms with E-state index in [-0.39, 0.29) is 37.1 Å². The van der Waals surface area contributed by atoms with Gasteiger partial charge in [-0.15, -0.1) is 0 Å². The van der Waals surface area contributed by atoms with Crippen molar-refractivity contribution in [1.82, 2.24) is 10.2 Å². The molecule has 0 saturated heterocycles. The minimum atomic E-state index is -0.701. The molecular weight excluding hydrogens is 419 g/mol. The average Bonchev–Trinajstić information content (AvgIpc) is 2.85. The maximum absolute atomic E-state index is 13.3. The van der Waals surface area contributed by atoms with Crippen LogP contribution >= 0.6 is 0 Å². The van der Waals surface area contributed by atoms with Crippen LogP contribution in [0.3, 0.4) is 0 Å². The van der Waals surface area contributed by atoms with Crippen molar-refractivity contribution in [3.63, 3.8) is 0 Å². The van der Waals surface area contributed by atoms with Gasteiger partial charge in [0.05, 0.1) is 7.11 Å². The summed E-state index contributed by atoms with van der Waals surface area (Å²) in [6.45, 7) is 2.22. The van der Waals surface area contributed by atoms with Gasteiger partial charge >= 0.3 is 0 Å². The van der Waals surface area contributed by atoms with Crippen molar-refractivity contribution in [1.29, 1.82) is 0 Å². The number of benzene rings is 3. The number of rotatable bonds is 10. The van der Waals surface area contributed by atoms with E-state index in [1.165, 1.54) is 12.1 Å². The van der Waals surface area contributed by atoms with E-state index in [2.05, 4.69) is 5.32 Å². The van der Waals surface area contributed by atoms with Gasteiger partial charge in [-0.1, -0.05) is 60.7 Å². The first-order valence-electron chi connectivity index (χ1n) is 11.0. The number of hydrogen-bond acceptors (Lipinski definition) is 3. The zero-order valence-corrected chi connectivity index (χ0v) is 19.0. The molecule has 5 nitrogen and oxygen atoms in total. The van der Waals surface area contributed by atoms with Crippen molar-refractivity contribution in [2.45, 2.75) is 38.9 Å². The molecular formula is C27H29FN2O3. The van der Waals surface area contributed by atoms with E-state index in [0.717, 1.165) is 16.7 Å². The molecule has 0 bridgehead atoms. The third-order valence-corrected chi connectivity index (χ3v) is 5.55. The lowest BCUT2D eigenvalue weighted by Gasteiger charge is -2.29. The van der Waals surface area contributed by atoms with Gasteiger partial charge in [-0.25, -0.2) is 4.39 Å². The smallest absolute Gasteiger partial charge is 0.242 e. The Labute approximate surface area is 194 Å². The second-order valence-corrected chi connectivity index (χ2v) is 7.84. The monoisotopic (exact) mass is 448 g/mol. The molecule has 2 amide bonds. The van der Waals surface area contributed by atoms with Crippen molar-refractivity contribution in [3.8, 4) is 5.75 Å². The summed E-state index contributed by atoms with van der Waals surface area (Å²) in [5, 5.41) is 2.90. The quantitative estimate of drug-likeness (QED) is 0.497. The second kappa shape index (κ2) is 11.8. The predicted octanol–water partition coefficient (Wildman–Crippen LogP) is 4.50. The van der Waals surface area contributed by atoms with Gasteiger partial charge in [-0.05, 0) is 42.7 Å². The zero-order chi connectivity index (χ0) is 23.6. The van der Waals surface area contributed by atoms with Crippen LogP contribution < -0.4 is 10.1 Å². The van der Waals surface area contributed by atoms with Gasteiger partial charge in [0, 0.05) is 25.1 Å². The molecule has 0 unspecified atom stereocenters. The molecule has 0 aromatic heterocycles. The number of para-hydroxylation sites is 1. The number of carbonyl (C=O) groups is 2. The maximum Gasteiger partial charge on any atom is 0.242 e. The third kappa shape index (κ3) is 6.91. The first kappa shape index (κ1) is 24.0. The van der Waals surface area contributed by atoms with Gasteiger partial charge in [0.25, 0.3) is 0 Å². The Bertz CT molecular complexity index is 1050. The van der Waals surface area contributed by atoms with Gasteiger partial charge in [0.2, 0.25) is 11.8 Å². The standard InChI is InChI=1S/C27H29FN2O3/c1-20(27(32)29-18-23-10-6-7-11-25(23)33-2)30(19-22-12-15-24(28)16-13-22)26(31)17-14-21-8-4-3-5-9-21/h3-13,15-16,20H,14,17-19H2,1-2H3,(H,29,32)/t20-/m0/s1. The summed E-state index contributed by atoms with van der Waals surface area (Å²) < 4.78 is 18.7. The zero-order valence-electron chi connectivity index (χ0n) is 19.0. The van der Waals surface area contributed by atoms with E-state index in [1.54, 1.807) is 31.1 Å². The molecule has 3 rings (SSSR count). The fourth-order valence-electron chi connectivity index (χ4n) is 3.59. The third-order valence-electron chi connectivity index (χ3n) is 5.55. The molecule has 1 atom stereocenters. The molecule has 1 N–H and O–H groups in total. The fourth-order valence-corrected chi connectivity index (χ4v) is 3.59. The lowest BCUT2D eigenvalue weighted by molar-refractivity contribution is -0.140. The normalized spacial score (nSPS) is 11.5. The highest BCUT2D eigenvalue weighted by molar-refractivity contribution is 5.87. The molecule has 0 fully saturated rings. The summed E-state index contributed by atoms with van der Waals surface area (Å²) >= 11 is 0. The van der Waals surface area contributed by atoms with Crippen LogP contribution in [0.4, 0.5) is 4.39 Å². The Morgan fingerprint density at radius 1 is 0.939 bits per heavy atom. The Morgan fingerprint density at radius 2 is 1.61 bits per heavy atom. The number of carbonyl (C=O) groups excluding carboxylic acids is 2. The molecule has 172 valence electrons. The van der Waals surface area contributed by atoms with Crippen molar-refractivity contribution in [3.05, 3.63) is 101 Å². The van der Waals surface area contributed by atoms with Crippen LogP contribution in [0.15, 0.2) is 78.9 Å². The van der Waals surface area contributed by atoms with E-state index in [9.17, 15) is 14.0 Å². The molecule has 0 aliphatic rings. The number of halogens is 1. The van der Waals surface area contributed by atoms with Crippen LogP contribution in [0.25, 0.3) is 0 Å². The SMILES string of the molecule is COc1ccccc1CNC(=O)[C@H](C)N(Cc1ccc(F)cc1)C(=O)CCc1ccccc1. The van der Waals surface area contributed by atoms with Crippen LogP contribution in [-0.2, 0) is 29.1 Å². The number of hydrogen-bond donors (Lipinski definition) is 1. The molecule has 3 aromatic carbocycles. The van der Waals surface area contributed by atoms with E-state index in [0.29, 0.717) is 12.2 Å². The summed E-state index contributed by atoms with van der Waals surface area (Å²) in [4.78, 5) is 27.7. The highest BCUT2D eigenvalue weighted by Gasteiger charge is 2.26. The van der Waals surface area contributed by atoms with Crippen molar-refractivity contribution in [2.24, 2.45) is 0 Å². The van der Waals surface area contributed by atoms with E-state index in [4.69, 9.17) is 4.74 Å². The maximum atomic E-state index is 13.3. The Kier molecular flexibility index (Phi) is 8.58. The van der Waals surface area contributed by atoms with Crippen molar-refractivity contribution in [2.75, 3.05) is 7.11 Å². The van der Waals surface area contributed by atoms with Crippen LogP contribution in [0.1, 0.15) is 30.0 Å². The molecule has 0 aliphatic heterocycles. The molecule has 3 aromatic rings. The van der Waals surface area contributed by atoms with Crippen LogP contribution in [0.5, 0.6) is 5.75 Å². The highest BCUT2D eigenvalue weighted by Crippen LogP contribution is 2.18. The fraction of sp³-hybridized carbons (Fsp3) is 0.259. The van der Waals surface area contributed by atoms with E-state index >= 15 is 0 Å². The summed E-state index contributed by atoms with van der Waals surface area (Å²) in [6.07, 6.45) is 0.852. The van der Waals surface area contributed by atoms with E-state index in [1.807, 2.05) is 54.6 Å². The number of aryl methyl sites for hydroxylation is 1. The van der Waals surface area contributed by atoms with Crippen LogP contribution in [-0.4, -0.2) is 29.9 Å². The van der Waals surface area contributed by atoms with Crippen molar-refractivity contribution >= 4 is 11.8 Å². The minimum absolute atomic E-state index is 0.136. The highest BCUT2D eigenvalue weighted by atomic mass is 19.1. The summed E-state index contributed by atoms with van der Waals surface area (Å²) in [5.41, 5.74) is 2.66. The number of amides is 2. The lowest BCUT2D eigenvalue weighted by Crippen LogP contribution is -2.47. The molecule has 33 heavy (non-hydrogen) atoms. The van der Waals surface area contributed by atoms with Gasteiger partial charge in [0.15, 0.2) is 0 Å². The van der Waals surface area contributed by atoms with Gasteiger partial charge in [-0.2, -0.15) is 0 Å². The second-order valence-electron chi connectivity index (χ2n) is 7.84. The van der Waals surface area contributed by atoms with Gasteiger partial charge in [-0.3, -0.25) is 9.59 Å². The molecule has 0 spiro atoms. The number of nitrogens with zero attached hydrogens (tertiary/aromatic N) is 1. The number of nitrogens with one attached hydrogen (secondary N) is 1. The Balaban J connectivity index is 1.71. The minimum Gasteiger partial charge on any atom is -0.496 e. The van der Waals surface area contributed by atoms with Crippen LogP contribution in [0.2, 0.25) is 0 Å². The predicted molar refractivity (Wildman–Crippen MR) is 126 cm³/mol. The largest absolute Gasteiger partial charge is 0.496 e. The lowest BCUT2D eigenvalue weighted by atomic mass is 10.1. The number of ether oxygens (including phenoxy) is 1. The first-order valence-corrected chi connectivity index (χ1v) is 11.0. The molecule has 6 heteroatoms. The molecule has 0 radical (unpaired) electrons. The topological polar surface area (TPSA) is 58.6 Å². The van der Waals surface area contributed by atoms with Crippen molar-refractivity contribution < 1.29 is 18.7 Å². The van der Waals surface area contributed by atoms with Gasteiger partial charge < -0.3 is 15.0 Å². The summed E-state index contributed by atoms with van der Waals surface area (Å²) in [5.74, 6) is -0.0601. The van der Waals surface area contributed by atoms with Crippen LogP contribution in [0, 0.1) is 5.82 Å². The Morgan fingerprint density at radius 3 is 2.30 bits per heavy atom. The average molecular weight is 449 g/mol. The molecule has 0 heterocycles. The number of methoxy groups -OCH3 is 1.